The number of fused-ring (bicyclic) bond motifs is 1. The first-order valence-corrected chi connectivity index (χ1v) is 9.69. The van der Waals surface area contributed by atoms with E-state index in [1.165, 1.54) is 21.1 Å². The molecule has 0 amide bonds. The van der Waals surface area contributed by atoms with Crippen molar-refractivity contribution in [2.45, 2.75) is 11.1 Å². The third-order valence-corrected chi connectivity index (χ3v) is 6.25. The van der Waals surface area contributed by atoms with E-state index in [4.69, 9.17) is 4.74 Å². The number of aryl methyl sites for hydroxylation is 1. The van der Waals surface area contributed by atoms with Crippen LogP contribution >= 0.6 is 23.3 Å². The molecule has 0 aliphatic carbocycles. The largest absolute Gasteiger partial charge is 0.487 e. The highest BCUT2D eigenvalue weighted by Crippen LogP contribution is 2.45. The van der Waals surface area contributed by atoms with Gasteiger partial charge in [0.15, 0.2) is 5.75 Å². The number of rotatable bonds is 3. The molecule has 3 heterocycles. The fourth-order valence-electron chi connectivity index (χ4n) is 3.08. The van der Waals surface area contributed by atoms with Crippen LogP contribution in [0.25, 0.3) is 0 Å². The van der Waals surface area contributed by atoms with E-state index in [9.17, 15) is 0 Å². The third-order valence-electron chi connectivity index (χ3n) is 4.16. The molecule has 2 aromatic rings. The van der Waals surface area contributed by atoms with E-state index < -0.39 is 0 Å². The second-order valence-corrected chi connectivity index (χ2v) is 8.11. The lowest BCUT2D eigenvalue weighted by atomic mass is 10.1. The Hall–Kier alpha value is -1.37. The SMILES string of the molecule is Cc1cc(N2CCNCC2)c2c(c1)N(Sc1cccs1)CCO2. The van der Waals surface area contributed by atoms with Crippen LogP contribution in [-0.4, -0.2) is 39.3 Å². The van der Waals surface area contributed by atoms with Gasteiger partial charge in [0, 0.05) is 26.2 Å². The van der Waals surface area contributed by atoms with Gasteiger partial charge in [0.25, 0.3) is 0 Å². The first-order chi connectivity index (χ1) is 11.3. The number of benzene rings is 1. The fourth-order valence-corrected chi connectivity index (χ4v) is 4.89. The predicted octanol–water partition coefficient (Wildman–Crippen LogP) is 3.37. The second kappa shape index (κ2) is 6.63. The number of piperazine rings is 1. The summed E-state index contributed by atoms with van der Waals surface area (Å²) < 4.78 is 9.80. The number of thiophene rings is 1. The molecule has 1 aromatic heterocycles. The van der Waals surface area contributed by atoms with Crippen LogP contribution in [-0.2, 0) is 0 Å². The van der Waals surface area contributed by atoms with Crippen LogP contribution in [0.3, 0.4) is 0 Å². The van der Waals surface area contributed by atoms with Crippen molar-refractivity contribution in [1.82, 2.24) is 5.32 Å². The molecule has 0 spiro atoms. The molecule has 0 unspecified atom stereocenters. The van der Waals surface area contributed by atoms with Crippen molar-refractivity contribution in [3.8, 4) is 5.75 Å². The van der Waals surface area contributed by atoms with Gasteiger partial charge in [0.1, 0.15) is 6.61 Å². The van der Waals surface area contributed by atoms with Crippen LogP contribution in [0.15, 0.2) is 33.9 Å². The molecule has 6 heteroatoms. The van der Waals surface area contributed by atoms with E-state index in [0.717, 1.165) is 45.1 Å². The van der Waals surface area contributed by atoms with Crippen LogP contribution in [0, 0.1) is 6.92 Å². The first kappa shape index (κ1) is 15.2. The lowest BCUT2D eigenvalue weighted by Crippen LogP contribution is -2.44. The predicted molar refractivity (Wildman–Crippen MR) is 99.3 cm³/mol. The maximum Gasteiger partial charge on any atom is 0.166 e. The molecule has 0 saturated carbocycles. The maximum absolute atomic E-state index is 6.10. The Labute approximate surface area is 145 Å². The highest BCUT2D eigenvalue weighted by Gasteiger charge is 2.26. The number of hydrogen-bond donors (Lipinski definition) is 1. The van der Waals surface area contributed by atoms with Crippen molar-refractivity contribution in [2.75, 3.05) is 48.5 Å². The van der Waals surface area contributed by atoms with Gasteiger partial charge in [-0.15, -0.1) is 11.3 Å². The summed E-state index contributed by atoms with van der Waals surface area (Å²) in [7, 11) is 0. The van der Waals surface area contributed by atoms with Gasteiger partial charge >= 0.3 is 0 Å². The highest BCUT2D eigenvalue weighted by atomic mass is 32.2. The summed E-state index contributed by atoms with van der Waals surface area (Å²) in [4.78, 5) is 2.45. The molecule has 1 saturated heterocycles. The lowest BCUT2D eigenvalue weighted by molar-refractivity contribution is 0.317. The van der Waals surface area contributed by atoms with Gasteiger partial charge in [-0.25, -0.2) is 0 Å². The Balaban J connectivity index is 1.69. The normalized spacial score (nSPS) is 17.8. The first-order valence-electron chi connectivity index (χ1n) is 8.03. The number of anilines is 2. The zero-order chi connectivity index (χ0) is 15.6. The van der Waals surface area contributed by atoms with Crippen molar-refractivity contribution in [3.63, 3.8) is 0 Å². The summed E-state index contributed by atoms with van der Waals surface area (Å²) in [6.07, 6.45) is 0. The summed E-state index contributed by atoms with van der Waals surface area (Å²) in [6.45, 7) is 7.99. The van der Waals surface area contributed by atoms with E-state index in [2.05, 4.69) is 51.1 Å². The molecule has 122 valence electrons. The van der Waals surface area contributed by atoms with Crippen LogP contribution in [0.4, 0.5) is 11.4 Å². The van der Waals surface area contributed by atoms with Gasteiger partial charge in [0.05, 0.1) is 22.1 Å². The molecular formula is C17H21N3OS2. The molecule has 2 aliphatic heterocycles. The minimum absolute atomic E-state index is 0.744. The van der Waals surface area contributed by atoms with Gasteiger partial charge < -0.3 is 19.3 Å². The van der Waals surface area contributed by atoms with E-state index in [1.54, 1.807) is 11.3 Å². The Bertz CT molecular complexity index is 669. The average molecular weight is 348 g/mol. The summed E-state index contributed by atoms with van der Waals surface area (Å²) in [5, 5.41) is 5.55. The summed E-state index contributed by atoms with van der Waals surface area (Å²) in [5.74, 6) is 1.05. The third kappa shape index (κ3) is 3.16. The van der Waals surface area contributed by atoms with Gasteiger partial charge in [-0.05, 0) is 48.0 Å². The monoisotopic (exact) mass is 347 g/mol. The molecular weight excluding hydrogens is 326 g/mol. The zero-order valence-electron chi connectivity index (χ0n) is 13.2. The molecule has 4 nitrogen and oxygen atoms in total. The smallest absolute Gasteiger partial charge is 0.166 e. The number of hydrogen-bond acceptors (Lipinski definition) is 6. The highest BCUT2D eigenvalue weighted by molar-refractivity contribution is 8.02. The van der Waals surface area contributed by atoms with E-state index in [1.807, 2.05) is 11.9 Å². The minimum Gasteiger partial charge on any atom is -0.487 e. The molecule has 0 atom stereocenters. The average Bonchev–Trinajstić information content (AvgIpc) is 3.09. The van der Waals surface area contributed by atoms with Crippen LogP contribution in [0.1, 0.15) is 5.56 Å². The maximum atomic E-state index is 6.10. The van der Waals surface area contributed by atoms with Crippen LogP contribution < -0.4 is 19.3 Å². The number of nitrogens with one attached hydrogen (secondary N) is 1. The van der Waals surface area contributed by atoms with Gasteiger partial charge in [-0.2, -0.15) is 0 Å². The number of ether oxygens (including phenoxy) is 1. The number of nitrogens with zero attached hydrogens (tertiary/aromatic N) is 2. The van der Waals surface area contributed by atoms with Crippen molar-refractivity contribution < 1.29 is 4.74 Å². The lowest BCUT2D eigenvalue weighted by Gasteiger charge is -2.36. The van der Waals surface area contributed by atoms with E-state index in [-0.39, 0.29) is 0 Å². The van der Waals surface area contributed by atoms with Crippen LogP contribution in [0.5, 0.6) is 5.75 Å². The molecule has 0 radical (unpaired) electrons. The molecule has 4 rings (SSSR count). The summed E-state index contributed by atoms with van der Waals surface area (Å²) in [5.41, 5.74) is 3.75. The Morgan fingerprint density at radius 2 is 2.00 bits per heavy atom. The quantitative estimate of drug-likeness (QED) is 0.860. The van der Waals surface area contributed by atoms with E-state index in [0.29, 0.717) is 0 Å². The standard InChI is InChI=1S/C17H21N3OS2/c1-13-11-14(19-6-4-18-5-7-19)17-15(12-13)20(8-9-21-17)23-16-3-2-10-22-16/h2-3,10-12,18H,4-9H2,1H3. The zero-order valence-corrected chi connectivity index (χ0v) is 14.9. The van der Waals surface area contributed by atoms with Crippen molar-refractivity contribution in [1.29, 1.82) is 0 Å². The van der Waals surface area contributed by atoms with Crippen LogP contribution in [0.2, 0.25) is 0 Å². The summed E-state index contributed by atoms with van der Waals surface area (Å²) >= 11 is 3.61. The molecule has 1 fully saturated rings. The molecule has 1 aromatic carbocycles. The van der Waals surface area contributed by atoms with Gasteiger partial charge in [0.2, 0.25) is 0 Å². The molecule has 0 bridgehead atoms. The Morgan fingerprint density at radius 3 is 2.78 bits per heavy atom. The molecule has 23 heavy (non-hydrogen) atoms. The Kier molecular flexibility index (Phi) is 4.37. The van der Waals surface area contributed by atoms with E-state index >= 15 is 0 Å². The van der Waals surface area contributed by atoms with Crippen molar-refractivity contribution in [3.05, 3.63) is 35.2 Å². The van der Waals surface area contributed by atoms with Crippen molar-refractivity contribution >= 4 is 34.7 Å². The Morgan fingerprint density at radius 1 is 1.17 bits per heavy atom. The minimum atomic E-state index is 0.744. The topological polar surface area (TPSA) is 27.7 Å². The molecule has 2 aliphatic rings. The summed E-state index contributed by atoms with van der Waals surface area (Å²) in [6, 6.07) is 8.80. The van der Waals surface area contributed by atoms with Crippen molar-refractivity contribution in [2.24, 2.45) is 0 Å². The molecule has 1 N–H and O–H groups in total. The second-order valence-electron chi connectivity index (χ2n) is 5.84. The van der Waals surface area contributed by atoms with Gasteiger partial charge in [-0.3, -0.25) is 0 Å². The fraction of sp³-hybridized carbons (Fsp3) is 0.412. The van der Waals surface area contributed by atoms with Gasteiger partial charge in [-0.1, -0.05) is 6.07 Å².